The van der Waals surface area contributed by atoms with Crippen molar-refractivity contribution < 1.29 is 19.1 Å². The topological polar surface area (TPSA) is 77.5 Å². The fraction of sp³-hybridized carbons (Fsp3) is 0.500. The van der Waals surface area contributed by atoms with E-state index in [1.165, 1.54) is 6.20 Å². The maximum atomic E-state index is 11.9. The number of carbonyl (C=O) groups is 2. The smallest absolute Gasteiger partial charge is 0.412 e. The van der Waals surface area contributed by atoms with E-state index in [4.69, 9.17) is 9.47 Å². The van der Waals surface area contributed by atoms with Crippen LogP contribution in [0.15, 0.2) is 18.3 Å². The largest absolute Gasteiger partial charge is 0.458 e. The number of ether oxygens (including phenoxy) is 2. The van der Waals surface area contributed by atoms with Crippen LogP contribution in [0.4, 0.5) is 10.5 Å². The number of amides is 1. The quantitative estimate of drug-likeness (QED) is 0.861. The van der Waals surface area contributed by atoms with Crippen LogP contribution in [0.5, 0.6) is 0 Å². The molecule has 1 N–H and O–H groups in total. The fourth-order valence-corrected chi connectivity index (χ4v) is 1.35. The van der Waals surface area contributed by atoms with Crippen LogP contribution in [0.3, 0.4) is 0 Å². The van der Waals surface area contributed by atoms with Crippen LogP contribution in [0.1, 0.15) is 45.1 Å². The molecule has 0 atom stereocenters. The molecule has 0 spiro atoms. The van der Waals surface area contributed by atoms with Gasteiger partial charge in [0.2, 0.25) is 0 Å². The Balaban J connectivity index is 2.86. The monoisotopic (exact) mass is 280 g/mol. The Morgan fingerprint density at radius 2 is 1.95 bits per heavy atom. The van der Waals surface area contributed by atoms with E-state index in [0.717, 1.165) is 0 Å². The van der Waals surface area contributed by atoms with Gasteiger partial charge in [0.1, 0.15) is 5.60 Å². The van der Waals surface area contributed by atoms with Crippen molar-refractivity contribution in [2.45, 2.75) is 46.3 Å². The molecular formula is C14H20N2O4. The molecule has 1 aromatic heterocycles. The zero-order valence-electron chi connectivity index (χ0n) is 12.4. The Kier molecular flexibility index (Phi) is 5.07. The van der Waals surface area contributed by atoms with Crippen molar-refractivity contribution in [2.75, 3.05) is 5.32 Å². The molecule has 20 heavy (non-hydrogen) atoms. The lowest BCUT2D eigenvalue weighted by Crippen LogP contribution is -2.28. The summed E-state index contributed by atoms with van der Waals surface area (Å²) in [6.45, 7) is 8.74. The van der Waals surface area contributed by atoms with Crippen molar-refractivity contribution >= 4 is 17.7 Å². The van der Waals surface area contributed by atoms with Crippen molar-refractivity contribution in [3.8, 4) is 0 Å². The lowest BCUT2D eigenvalue weighted by atomic mass is 10.2. The first-order chi connectivity index (χ1) is 9.19. The summed E-state index contributed by atoms with van der Waals surface area (Å²) in [5.41, 5.74) is -0.315. The highest BCUT2D eigenvalue weighted by molar-refractivity contribution is 5.98. The van der Waals surface area contributed by atoms with Gasteiger partial charge in [0.15, 0.2) is 5.69 Å². The van der Waals surface area contributed by atoms with Crippen molar-refractivity contribution in [2.24, 2.45) is 0 Å². The van der Waals surface area contributed by atoms with Crippen LogP contribution in [0, 0.1) is 0 Å². The number of pyridine rings is 1. The van der Waals surface area contributed by atoms with Gasteiger partial charge in [-0.1, -0.05) is 0 Å². The van der Waals surface area contributed by atoms with Crippen LogP contribution < -0.4 is 5.32 Å². The van der Waals surface area contributed by atoms with Crippen LogP contribution in [-0.2, 0) is 9.47 Å². The zero-order chi connectivity index (χ0) is 15.3. The second kappa shape index (κ2) is 6.36. The van der Waals surface area contributed by atoms with Gasteiger partial charge in [0, 0.05) is 6.20 Å². The molecule has 0 saturated heterocycles. The Labute approximate surface area is 118 Å². The Morgan fingerprint density at radius 3 is 2.50 bits per heavy atom. The van der Waals surface area contributed by atoms with Crippen molar-refractivity contribution in [3.63, 3.8) is 0 Å². The van der Waals surface area contributed by atoms with Gasteiger partial charge in [-0.05, 0) is 46.8 Å². The van der Waals surface area contributed by atoms with Gasteiger partial charge in [-0.3, -0.25) is 5.32 Å². The standard InChI is InChI=1S/C14H20N2O4/c1-9(2)19-12(17)11-10(7-6-8-15-11)16-13(18)20-14(3,4)5/h6-9H,1-5H3,(H,16,18). The van der Waals surface area contributed by atoms with Gasteiger partial charge in [-0.2, -0.15) is 0 Å². The first kappa shape index (κ1) is 15.9. The molecule has 110 valence electrons. The summed E-state index contributed by atoms with van der Waals surface area (Å²) in [7, 11) is 0. The molecule has 6 nitrogen and oxygen atoms in total. The molecule has 0 saturated carbocycles. The molecule has 1 aromatic rings. The van der Waals surface area contributed by atoms with E-state index >= 15 is 0 Å². The average Bonchev–Trinajstić information content (AvgIpc) is 2.25. The predicted molar refractivity (Wildman–Crippen MR) is 74.6 cm³/mol. The van der Waals surface area contributed by atoms with Gasteiger partial charge in [-0.25, -0.2) is 14.6 Å². The summed E-state index contributed by atoms with van der Waals surface area (Å²) in [5, 5.41) is 2.50. The van der Waals surface area contributed by atoms with Crippen molar-refractivity contribution in [3.05, 3.63) is 24.0 Å². The van der Waals surface area contributed by atoms with E-state index in [-0.39, 0.29) is 17.5 Å². The second-order valence-electron chi connectivity index (χ2n) is 5.48. The summed E-state index contributed by atoms with van der Waals surface area (Å²) in [4.78, 5) is 27.5. The SMILES string of the molecule is CC(C)OC(=O)c1ncccc1NC(=O)OC(C)(C)C. The highest BCUT2D eigenvalue weighted by atomic mass is 16.6. The molecule has 1 amide bonds. The number of carbonyl (C=O) groups excluding carboxylic acids is 2. The van der Waals surface area contributed by atoms with E-state index in [1.807, 2.05) is 0 Å². The third kappa shape index (κ3) is 5.26. The van der Waals surface area contributed by atoms with Gasteiger partial charge < -0.3 is 9.47 Å². The average molecular weight is 280 g/mol. The number of esters is 1. The molecule has 1 rings (SSSR count). The summed E-state index contributed by atoms with van der Waals surface area (Å²) in [6.07, 6.45) is 0.542. The van der Waals surface area contributed by atoms with E-state index < -0.39 is 17.7 Å². The van der Waals surface area contributed by atoms with E-state index in [2.05, 4.69) is 10.3 Å². The third-order valence-corrected chi connectivity index (χ3v) is 1.98. The summed E-state index contributed by atoms with van der Waals surface area (Å²) < 4.78 is 10.2. The van der Waals surface area contributed by atoms with Gasteiger partial charge >= 0.3 is 12.1 Å². The van der Waals surface area contributed by atoms with Crippen molar-refractivity contribution in [1.29, 1.82) is 0 Å². The predicted octanol–water partition coefficient (Wildman–Crippen LogP) is 2.99. The Hall–Kier alpha value is -2.11. The van der Waals surface area contributed by atoms with Gasteiger partial charge in [0.25, 0.3) is 0 Å². The molecule has 0 bridgehead atoms. The van der Waals surface area contributed by atoms with Crippen LogP contribution in [0.25, 0.3) is 0 Å². The van der Waals surface area contributed by atoms with Gasteiger partial charge in [0.05, 0.1) is 11.8 Å². The van der Waals surface area contributed by atoms with Crippen LogP contribution in [-0.4, -0.2) is 28.8 Å². The maximum absolute atomic E-state index is 11.9. The first-order valence-corrected chi connectivity index (χ1v) is 6.35. The van der Waals surface area contributed by atoms with Crippen molar-refractivity contribution in [1.82, 2.24) is 4.98 Å². The molecule has 0 aromatic carbocycles. The molecule has 0 unspecified atom stereocenters. The van der Waals surface area contributed by atoms with Gasteiger partial charge in [-0.15, -0.1) is 0 Å². The molecule has 0 radical (unpaired) electrons. The molecule has 1 heterocycles. The summed E-state index contributed by atoms with van der Waals surface area (Å²) in [6, 6.07) is 3.17. The van der Waals surface area contributed by atoms with E-state index in [9.17, 15) is 9.59 Å². The molecule has 0 fully saturated rings. The minimum Gasteiger partial charge on any atom is -0.458 e. The maximum Gasteiger partial charge on any atom is 0.412 e. The van der Waals surface area contributed by atoms with E-state index in [0.29, 0.717) is 0 Å². The lowest BCUT2D eigenvalue weighted by molar-refractivity contribution is 0.0372. The minimum absolute atomic E-state index is 0.0482. The first-order valence-electron chi connectivity index (χ1n) is 6.35. The summed E-state index contributed by atoms with van der Waals surface area (Å²) >= 11 is 0. The van der Waals surface area contributed by atoms with E-state index in [1.54, 1.807) is 46.8 Å². The molecule has 6 heteroatoms. The summed E-state index contributed by atoms with van der Waals surface area (Å²) in [5.74, 6) is -0.591. The highest BCUT2D eigenvalue weighted by Crippen LogP contribution is 2.16. The highest BCUT2D eigenvalue weighted by Gasteiger charge is 2.20. The number of anilines is 1. The second-order valence-corrected chi connectivity index (χ2v) is 5.48. The molecule has 0 aliphatic rings. The zero-order valence-corrected chi connectivity index (χ0v) is 12.4. The Morgan fingerprint density at radius 1 is 1.30 bits per heavy atom. The Bertz CT molecular complexity index is 492. The number of hydrogen-bond donors (Lipinski definition) is 1. The number of nitrogens with one attached hydrogen (secondary N) is 1. The van der Waals surface area contributed by atoms with Crippen LogP contribution >= 0.6 is 0 Å². The number of hydrogen-bond acceptors (Lipinski definition) is 5. The number of nitrogens with zero attached hydrogens (tertiary/aromatic N) is 1. The number of rotatable bonds is 3. The fourth-order valence-electron chi connectivity index (χ4n) is 1.35. The molecule has 0 aliphatic heterocycles. The molecule has 0 aliphatic carbocycles. The number of aromatic nitrogens is 1. The lowest BCUT2D eigenvalue weighted by Gasteiger charge is -2.20. The molecular weight excluding hydrogens is 260 g/mol. The van der Waals surface area contributed by atoms with Crippen LogP contribution in [0.2, 0.25) is 0 Å². The minimum atomic E-state index is -0.649. The third-order valence-electron chi connectivity index (χ3n) is 1.98. The normalized spacial score (nSPS) is 11.1.